The molecule has 92 valence electrons. The van der Waals surface area contributed by atoms with Gasteiger partial charge in [0.15, 0.2) is 0 Å². The number of aliphatic carboxylic acids is 1. The molecular formula is C12H21NO3. The third-order valence-corrected chi connectivity index (χ3v) is 3.29. The van der Waals surface area contributed by atoms with Crippen LogP contribution in [0, 0.1) is 5.41 Å². The lowest BCUT2D eigenvalue weighted by Crippen LogP contribution is -2.60. The van der Waals surface area contributed by atoms with Gasteiger partial charge in [-0.1, -0.05) is 19.9 Å². The van der Waals surface area contributed by atoms with Crippen molar-refractivity contribution in [2.45, 2.75) is 39.3 Å². The average Bonchev–Trinajstić information content (AvgIpc) is 2.20. The van der Waals surface area contributed by atoms with E-state index >= 15 is 0 Å². The summed E-state index contributed by atoms with van der Waals surface area (Å²) >= 11 is 0. The summed E-state index contributed by atoms with van der Waals surface area (Å²) in [6.07, 6.45) is 4.12. The van der Waals surface area contributed by atoms with E-state index in [1.54, 1.807) is 6.08 Å². The molecule has 0 saturated heterocycles. The zero-order valence-electron chi connectivity index (χ0n) is 10.2. The standard InChI is InChI=1S/C12H21NO3/c1-4-16-10-8-9(12(10,2)3)13-7-5-6-11(14)15/h5-6,9-10,13H,4,7-8H2,1-3H3,(H,14,15)/b6-5+. The minimum Gasteiger partial charge on any atom is -0.478 e. The number of rotatable bonds is 6. The molecule has 0 aliphatic heterocycles. The quantitative estimate of drug-likeness (QED) is 0.674. The maximum atomic E-state index is 10.3. The van der Waals surface area contributed by atoms with Gasteiger partial charge in [-0.3, -0.25) is 0 Å². The summed E-state index contributed by atoms with van der Waals surface area (Å²) in [7, 11) is 0. The van der Waals surface area contributed by atoms with E-state index in [4.69, 9.17) is 9.84 Å². The van der Waals surface area contributed by atoms with Gasteiger partial charge in [0.2, 0.25) is 0 Å². The summed E-state index contributed by atoms with van der Waals surface area (Å²) in [5.41, 5.74) is 0.132. The molecule has 1 aliphatic carbocycles. The van der Waals surface area contributed by atoms with E-state index < -0.39 is 5.97 Å². The number of nitrogens with one attached hydrogen (secondary N) is 1. The Hall–Kier alpha value is -0.870. The van der Waals surface area contributed by atoms with Crippen molar-refractivity contribution in [3.63, 3.8) is 0 Å². The van der Waals surface area contributed by atoms with E-state index in [1.807, 2.05) is 6.92 Å². The van der Waals surface area contributed by atoms with Crippen molar-refractivity contribution >= 4 is 5.97 Å². The van der Waals surface area contributed by atoms with Crippen molar-refractivity contribution in [2.24, 2.45) is 5.41 Å². The Kier molecular flexibility index (Phi) is 4.50. The first kappa shape index (κ1) is 13.2. The lowest BCUT2D eigenvalue weighted by atomic mass is 9.64. The van der Waals surface area contributed by atoms with Crippen LogP contribution in [0.5, 0.6) is 0 Å². The number of carboxylic acids is 1. The Morgan fingerprint density at radius 2 is 2.31 bits per heavy atom. The third-order valence-electron chi connectivity index (χ3n) is 3.29. The summed E-state index contributed by atoms with van der Waals surface area (Å²) < 4.78 is 5.62. The Labute approximate surface area is 96.7 Å². The van der Waals surface area contributed by atoms with Gasteiger partial charge in [0.05, 0.1) is 6.10 Å². The van der Waals surface area contributed by atoms with Gasteiger partial charge in [-0.15, -0.1) is 0 Å². The van der Waals surface area contributed by atoms with Crippen LogP contribution in [0.1, 0.15) is 27.2 Å². The molecule has 2 unspecified atom stereocenters. The molecule has 4 heteroatoms. The molecule has 0 aromatic heterocycles. The van der Waals surface area contributed by atoms with Crippen LogP contribution < -0.4 is 5.32 Å². The van der Waals surface area contributed by atoms with Crippen molar-refractivity contribution in [2.75, 3.05) is 13.2 Å². The minimum absolute atomic E-state index is 0.132. The van der Waals surface area contributed by atoms with Gasteiger partial charge in [0.1, 0.15) is 0 Å². The van der Waals surface area contributed by atoms with Gasteiger partial charge in [-0.25, -0.2) is 4.79 Å². The zero-order valence-corrected chi connectivity index (χ0v) is 10.2. The van der Waals surface area contributed by atoms with E-state index in [0.717, 1.165) is 13.0 Å². The smallest absolute Gasteiger partial charge is 0.328 e. The van der Waals surface area contributed by atoms with Gasteiger partial charge in [0.25, 0.3) is 0 Å². The Morgan fingerprint density at radius 3 is 2.81 bits per heavy atom. The minimum atomic E-state index is -0.901. The second-order valence-corrected chi connectivity index (χ2v) is 4.70. The second-order valence-electron chi connectivity index (χ2n) is 4.70. The molecule has 0 aromatic rings. The van der Waals surface area contributed by atoms with Crippen LogP contribution in [-0.2, 0) is 9.53 Å². The van der Waals surface area contributed by atoms with Crippen molar-refractivity contribution in [1.82, 2.24) is 5.32 Å². The highest BCUT2D eigenvalue weighted by atomic mass is 16.5. The lowest BCUT2D eigenvalue weighted by molar-refractivity contribution is -0.131. The van der Waals surface area contributed by atoms with Crippen molar-refractivity contribution in [3.05, 3.63) is 12.2 Å². The number of hydrogen-bond acceptors (Lipinski definition) is 3. The molecule has 0 bridgehead atoms. The monoisotopic (exact) mass is 227 g/mol. The van der Waals surface area contributed by atoms with Crippen molar-refractivity contribution < 1.29 is 14.6 Å². The molecular weight excluding hydrogens is 206 g/mol. The third kappa shape index (κ3) is 3.06. The van der Waals surface area contributed by atoms with Crippen LogP contribution >= 0.6 is 0 Å². The van der Waals surface area contributed by atoms with Crippen LogP contribution in [0.2, 0.25) is 0 Å². The highest BCUT2D eigenvalue weighted by molar-refractivity contribution is 5.79. The molecule has 1 aliphatic rings. The van der Waals surface area contributed by atoms with Gasteiger partial charge in [-0.05, 0) is 13.3 Å². The van der Waals surface area contributed by atoms with Crippen LogP contribution in [0.3, 0.4) is 0 Å². The second kappa shape index (κ2) is 5.46. The van der Waals surface area contributed by atoms with Gasteiger partial charge >= 0.3 is 5.97 Å². The van der Waals surface area contributed by atoms with Crippen LogP contribution in [0.25, 0.3) is 0 Å². The summed E-state index contributed by atoms with van der Waals surface area (Å²) in [6, 6.07) is 0.405. The lowest BCUT2D eigenvalue weighted by Gasteiger charge is -2.51. The van der Waals surface area contributed by atoms with Crippen molar-refractivity contribution in [1.29, 1.82) is 0 Å². The molecule has 0 amide bonds. The average molecular weight is 227 g/mol. The van der Waals surface area contributed by atoms with E-state index in [0.29, 0.717) is 18.7 Å². The predicted molar refractivity (Wildman–Crippen MR) is 62.4 cm³/mol. The van der Waals surface area contributed by atoms with Crippen molar-refractivity contribution in [3.8, 4) is 0 Å². The topological polar surface area (TPSA) is 58.6 Å². The zero-order chi connectivity index (χ0) is 12.2. The van der Waals surface area contributed by atoms with Crippen LogP contribution in [-0.4, -0.2) is 36.4 Å². The number of carbonyl (C=O) groups is 1. The molecule has 1 fully saturated rings. The number of hydrogen-bond donors (Lipinski definition) is 2. The first-order chi connectivity index (χ1) is 7.48. The Bertz CT molecular complexity index is 273. The van der Waals surface area contributed by atoms with Crippen LogP contribution in [0.4, 0.5) is 0 Å². The highest BCUT2D eigenvalue weighted by Crippen LogP contribution is 2.42. The van der Waals surface area contributed by atoms with E-state index in [9.17, 15) is 4.79 Å². The highest BCUT2D eigenvalue weighted by Gasteiger charge is 2.48. The molecule has 16 heavy (non-hydrogen) atoms. The summed E-state index contributed by atoms with van der Waals surface area (Å²) in [6.45, 7) is 7.70. The molecule has 4 nitrogen and oxygen atoms in total. The number of carboxylic acid groups (broad SMARTS) is 1. The fourth-order valence-corrected chi connectivity index (χ4v) is 2.09. The molecule has 1 saturated carbocycles. The molecule has 0 radical (unpaired) electrons. The van der Waals surface area contributed by atoms with Gasteiger partial charge < -0.3 is 15.2 Å². The summed E-state index contributed by atoms with van der Waals surface area (Å²) in [5, 5.41) is 11.8. The summed E-state index contributed by atoms with van der Waals surface area (Å²) in [5.74, 6) is -0.901. The Morgan fingerprint density at radius 1 is 1.62 bits per heavy atom. The van der Waals surface area contributed by atoms with E-state index in [2.05, 4.69) is 19.2 Å². The van der Waals surface area contributed by atoms with Gasteiger partial charge in [0, 0.05) is 30.7 Å². The SMILES string of the molecule is CCOC1CC(NC/C=C/C(=O)O)C1(C)C. The predicted octanol–water partition coefficient (Wildman–Crippen LogP) is 1.42. The normalized spacial score (nSPS) is 27.9. The fraction of sp³-hybridized carbons (Fsp3) is 0.750. The first-order valence-electron chi connectivity index (χ1n) is 5.73. The van der Waals surface area contributed by atoms with E-state index in [1.165, 1.54) is 6.08 Å². The maximum Gasteiger partial charge on any atom is 0.328 e. The fourth-order valence-electron chi connectivity index (χ4n) is 2.09. The number of ether oxygens (including phenoxy) is 1. The molecule has 0 heterocycles. The summed E-state index contributed by atoms with van der Waals surface area (Å²) in [4.78, 5) is 10.3. The van der Waals surface area contributed by atoms with Gasteiger partial charge in [-0.2, -0.15) is 0 Å². The molecule has 2 atom stereocenters. The molecule has 2 N–H and O–H groups in total. The van der Waals surface area contributed by atoms with Crippen LogP contribution in [0.15, 0.2) is 12.2 Å². The molecule has 0 spiro atoms. The largest absolute Gasteiger partial charge is 0.478 e. The van der Waals surface area contributed by atoms with E-state index in [-0.39, 0.29) is 5.41 Å². The molecule has 0 aromatic carbocycles. The Balaban J connectivity index is 2.28. The maximum absolute atomic E-state index is 10.3. The first-order valence-corrected chi connectivity index (χ1v) is 5.73. The molecule has 1 rings (SSSR count).